The van der Waals surface area contributed by atoms with E-state index in [4.69, 9.17) is 31.2 Å². The summed E-state index contributed by atoms with van der Waals surface area (Å²) in [6.07, 6.45) is 1.99. The van der Waals surface area contributed by atoms with E-state index in [1.165, 1.54) is 0 Å². The number of amides is 1. The zero-order valence-electron chi connectivity index (χ0n) is 28.5. The molecule has 5 aromatic rings. The maximum absolute atomic E-state index is 13.0. The molecule has 2 aliphatic rings. The number of carboxylic acid groups (broad SMARTS) is 1. The van der Waals surface area contributed by atoms with Crippen molar-refractivity contribution in [2.45, 2.75) is 77.1 Å². The summed E-state index contributed by atoms with van der Waals surface area (Å²) in [6, 6.07) is 15.8. The number of likely N-dealkylation sites (tertiary alicyclic amines) is 1. The fourth-order valence-corrected chi connectivity index (χ4v) is 8.49. The van der Waals surface area contributed by atoms with Gasteiger partial charge in [-0.3, -0.25) is 9.48 Å². The quantitative estimate of drug-likeness (QED) is 0.182. The first-order valence-corrected chi connectivity index (χ1v) is 18.1. The number of piperidine rings is 1. The van der Waals surface area contributed by atoms with E-state index in [1.807, 2.05) is 74.7 Å². The molecule has 3 aromatic carbocycles. The number of aliphatic carboxylic acids is 1. The average Bonchev–Trinajstić information content (AvgIpc) is 3.82. The first kappa shape index (κ1) is 33.7. The Bertz CT molecular complexity index is 2050. The summed E-state index contributed by atoms with van der Waals surface area (Å²) in [5.41, 5.74) is 6.21. The maximum Gasteiger partial charge on any atom is 0.337 e. The van der Waals surface area contributed by atoms with Crippen LogP contribution >= 0.6 is 22.9 Å². The third-order valence-corrected chi connectivity index (χ3v) is 10.9. The molecule has 2 saturated heterocycles. The van der Waals surface area contributed by atoms with Crippen molar-refractivity contribution in [3.8, 4) is 21.7 Å². The van der Waals surface area contributed by atoms with Crippen LogP contribution in [0.25, 0.3) is 42.8 Å². The number of hydrogen-bond acceptors (Lipinski definition) is 7. The van der Waals surface area contributed by atoms with Crippen LogP contribution in [-0.2, 0) is 26.1 Å². The van der Waals surface area contributed by atoms with Crippen molar-refractivity contribution < 1.29 is 24.2 Å². The fraction of sp³-hybridized carbons (Fsp3) is 0.421. The molecular formula is C38H41ClN4O5S. The normalized spacial score (nSPS) is 18.1. The first-order valence-electron chi connectivity index (χ1n) is 16.9. The number of ether oxygens (including phenoxy) is 2. The largest absolute Gasteiger partial charge is 0.479 e. The second kappa shape index (κ2) is 13.1. The number of halogens is 1. The summed E-state index contributed by atoms with van der Waals surface area (Å²) in [4.78, 5) is 32.8. The molecule has 49 heavy (non-hydrogen) atoms. The van der Waals surface area contributed by atoms with Gasteiger partial charge in [-0.05, 0) is 101 Å². The van der Waals surface area contributed by atoms with Crippen LogP contribution < -0.4 is 0 Å². The van der Waals surface area contributed by atoms with Crippen LogP contribution in [0.4, 0.5) is 0 Å². The number of carboxylic acids is 1. The van der Waals surface area contributed by atoms with Gasteiger partial charge in [-0.25, -0.2) is 9.78 Å². The molecule has 2 fully saturated rings. The molecule has 256 valence electrons. The topological polar surface area (TPSA) is 107 Å². The van der Waals surface area contributed by atoms with Gasteiger partial charge in [-0.15, -0.1) is 11.3 Å². The Balaban J connectivity index is 1.28. The molecule has 1 amide bonds. The zero-order valence-corrected chi connectivity index (χ0v) is 30.0. The lowest BCUT2D eigenvalue weighted by Crippen LogP contribution is -2.43. The van der Waals surface area contributed by atoms with Crippen LogP contribution in [0.5, 0.6) is 0 Å². The lowest BCUT2D eigenvalue weighted by Gasteiger charge is -2.32. The highest BCUT2D eigenvalue weighted by Crippen LogP contribution is 2.45. The van der Waals surface area contributed by atoms with Crippen molar-refractivity contribution in [1.82, 2.24) is 19.7 Å². The molecule has 0 radical (unpaired) electrons. The van der Waals surface area contributed by atoms with Gasteiger partial charge >= 0.3 is 5.97 Å². The van der Waals surface area contributed by atoms with Crippen molar-refractivity contribution in [3.63, 3.8) is 0 Å². The van der Waals surface area contributed by atoms with Crippen LogP contribution in [0.2, 0.25) is 5.02 Å². The summed E-state index contributed by atoms with van der Waals surface area (Å²) in [7, 11) is 1.97. The summed E-state index contributed by atoms with van der Waals surface area (Å²) < 4.78 is 14.7. The van der Waals surface area contributed by atoms with Gasteiger partial charge < -0.3 is 19.5 Å². The van der Waals surface area contributed by atoms with E-state index in [9.17, 15) is 14.7 Å². The molecule has 0 aliphatic carbocycles. The Hall–Kier alpha value is -3.83. The highest BCUT2D eigenvalue weighted by Gasteiger charge is 2.34. The van der Waals surface area contributed by atoms with E-state index < -0.39 is 17.7 Å². The summed E-state index contributed by atoms with van der Waals surface area (Å²) in [6.45, 7) is 9.57. The highest BCUT2D eigenvalue weighted by molar-refractivity contribution is 7.22. The number of thiazole rings is 1. The number of carbonyl (C=O) groups is 2. The standard InChI is InChI=1S/C38H41ClN4O5S/c1-21-19-27-34(31(22-8-11-25(39)12-9-22)30(21)33(37(45)46)48-38(2,3)4)49-35(40-27)24-10-13-28-26(20-24)32(41-42(28)5)23-14-16-43(17-15-23)36(44)29-7-6-18-47-29/h8-13,19-20,23,29,33H,6-7,14-18H2,1-5H3,(H,45,46)/t29-,33-/m0/s1. The second-order valence-electron chi connectivity index (χ2n) is 14.1. The number of aryl methyl sites for hydroxylation is 2. The number of benzene rings is 3. The van der Waals surface area contributed by atoms with Crippen molar-refractivity contribution in [2.75, 3.05) is 19.7 Å². The van der Waals surface area contributed by atoms with Gasteiger partial charge in [-0.1, -0.05) is 23.7 Å². The number of rotatable bonds is 7. The van der Waals surface area contributed by atoms with Crippen molar-refractivity contribution in [2.24, 2.45) is 7.05 Å². The lowest BCUT2D eigenvalue weighted by atomic mass is 9.91. The van der Waals surface area contributed by atoms with Crippen LogP contribution in [0.1, 0.15) is 75.3 Å². The molecule has 0 bridgehead atoms. The Labute approximate surface area is 294 Å². The summed E-state index contributed by atoms with van der Waals surface area (Å²) in [5, 5.41) is 17.9. The van der Waals surface area contributed by atoms with Gasteiger partial charge in [0.25, 0.3) is 5.91 Å². The molecule has 11 heteroatoms. The van der Waals surface area contributed by atoms with Crippen LogP contribution in [0, 0.1) is 6.92 Å². The van der Waals surface area contributed by atoms with Gasteiger partial charge in [0.15, 0.2) is 6.10 Å². The lowest BCUT2D eigenvalue weighted by molar-refractivity contribution is -0.160. The van der Waals surface area contributed by atoms with Crippen molar-refractivity contribution in [3.05, 3.63) is 70.4 Å². The third kappa shape index (κ3) is 6.59. The fourth-order valence-electron chi connectivity index (χ4n) is 7.24. The number of fused-ring (bicyclic) bond motifs is 2. The van der Waals surface area contributed by atoms with E-state index in [2.05, 4.69) is 18.2 Å². The highest BCUT2D eigenvalue weighted by atomic mass is 35.5. The summed E-state index contributed by atoms with van der Waals surface area (Å²) >= 11 is 7.82. The summed E-state index contributed by atoms with van der Waals surface area (Å²) in [5.74, 6) is -0.690. The minimum Gasteiger partial charge on any atom is -0.479 e. The molecule has 0 saturated carbocycles. The van der Waals surface area contributed by atoms with Gasteiger partial charge in [0.1, 0.15) is 11.1 Å². The molecule has 2 atom stereocenters. The third-order valence-electron chi connectivity index (χ3n) is 9.54. The average molecular weight is 701 g/mol. The van der Waals surface area contributed by atoms with Gasteiger partial charge in [0.2, 0.25) is 0 Å². The maximum atomic E-state index is 13.0. The number of aromatic nitrogens is 3. The van der Waals surface area contributed by atoms with Gasteiger partial charge in [0, 0.05) is 59.8 Å². The van der Waals surface area contributed by atoms with Crippen LogP contribution in [0.3, 0.4) is 0 Å². The van der Waals surface area contributed by atoms with E-state index in [0.29, 0.717) is 30.3 Å². The van der Waals surface area contributed by atoms with Crippen molar-refractivity contribution >= 4 is 55.9 Å². The predicted molar refractivity (Wildman–Crippen MR) is 193 cm³/mol. The van der Waals surface area contributed by atoms with E-state index in [0.717, 1.165) is 79.8 Å². The Kier molecular flexibility index (Phi) is 9.02. The van der Waals surface area contributed by atoms with Crippen LogP contribution in [0.15, 0.2) is 48.5 Å². The number of nitrogens with zero attached hydrogens (tertiary/aromatic N) is 4. The molecule has 2 aliphatic heterocycles. The monoisotopic (exact) mass is 700 g/mol. The zero-order chi connectivity index (χ0) is 34.6. The predicted octanol–water partition coefficient (Wildman–Crippen LogP) is 8.30. The molecule has 2 aromatic heterocycles. The van der Waals surface area contributed by atoms with Gasteiger partial charge in [0.05, 0.1) is 27.0 Å². The minimum atomic E-state index is -1.18. The number of hydrogen-bond donors (Lipinski definition) is 1. The van der Waals surface area contributed by atoms with Crippen molar-refractivity contribution in [1.29, 1.82) is 0 Å². The number of carbonyl (C=O) groups excluding carboxylic acids is 1. The Morgan fingerprint density at radius 1 is 1.06 bits per heavy atom. The van der Waals surface area contributed by atoms with E-state index in [1.54, 1.807) is 11.3 Å². The molecule has 7 rings (SSSR count). The minimum absolute atomic E-state index is 0.121. The second-order valence-corrected chi connectivity index (χ2v) is 15.6. The Morgan fingerprint density at radius 3 is 2.43 bits per heavy atom. The van der Waals surface area contributed by atoms with E-state index in [-0.39, 0.29) is 17.9 Å². The molecule has 9 nitrogen and oxygen atoms in total. The SMILES string of the molecule is Cc1cc2nc(-c3ccc4c(c3)c(C3CCN(C(=O)[C@@H]5CCCO5)CC3)nn4C)sc2c(-c2ccc(Cl)cc2)c1[C@H](OC(C)(C)C)C(=O)O. The molecule has 0 unspecified atom stereocenters. The van der Waals surface area contributed by atoms with Crippen LogP contribution in [-0.4, -0.2) is 68.0 Å². The molecule has 1 N–H and O–H groups in total. The molecular weight excluding hydrogens is 660 g/mol. The molecule has 4 heterocycles. The molecule has 0 spiro atoms. The van der Waals surface area contributed by atoms with E-state index >= 15 is 0 Å². The smallest absolute Gasteiger partial charge is 0.337 e. The Morgan fingerprint density at radius 2 is 1.78 bits per heavy atom. The first-order chi connectivity index (χ1) is 23.4. The van der Waals surface area contributed by atoms with Gasteiger partial charge in [-0.2, -0.15) is 5.10 Å².